The lowest BCUT2D eigenvalue weighted by Crippen LogP contribution is -2.36. The van der Waals surface area contributed by atoms with Crippen LogP contribution in [0.3, 0.4) is 0 Å². The Labute approximate surface area is 81.5 Å². The molecule has 0 unspecified atom stereocenters. The van der Waals surface area contributed by atoms with Gasteiger partial charge < -0.3 is 4.90 Å². The van der Waals surface area contributed by atoms with Crippen molar-refractivity contribution in [1.29, 1.82) is 0 Å². The third kappa shape index (κ3) is 1.38. The van der Waals surface area contributed by atoms with Gasteiger partial charge in [-0.1, -0.05) is 11.8 Å². The Kier molecular flexibility index (Phi) is 2.12. The summed E-state index contributed by atoms with van der Waals surface area (Å²) >= 11 is 3.70. The minimum Gasteiger partial charge on any atom is -0.312 e. The first-order chi connectivity index (χ1) is 5.70. The largest absolute Gasteiger partial charge is 0.312 e. The second kappa shape index (κ2) is 3.00. The zero-order chi connectivity index (χ0) is 8.60. The van der Waals surface area contributed by atoms with Gasteiger partial charge >= 0.3 is 0 Å². The Morgan fingerprint density at radius 2 is 2.42 bits per heavy atom. The topological polar surface area (TPSA) is 15.6 Å². The second-order valence-electron chi connectivity index (χ2n) is 3.23. The molecule has 0 N–H and O–H groups in total. The molecule has 12 heavy (non-hydrogen) atoms. The number of nitrogens with zero attached hydrogens (tertiary/aromatic N) is 2. The Balaban J connectivity index is 2.17. The molecule has 0 fully saturated rings. The fraction of sp³-hybridized carbons (Fsp3) is 0.625. The van der Waals surface area contributed by atoms with Crippen LogP contribution < -0.4 is 0 Å². The normalized spacial score (nSPS) is 26.5. The molecule has 2 nitrogen and oxygen atoms in total. The smallest absolute Gasteiger partial charge is 0.164 e. The molecule has 2 aliphatic heterocycles. The molecule has 2 heterocycles. The van der Waals surface area contributed by atoms with E-state index < -0.39 is 0 Å². The van der Waals surface area contributed by atoms with Gasteiger partial charge in [0, 0.05) is 12.0 Å². The van der Waals surface area contributed by atoms with Gasteiger partial charge in [-0.3, -0.25) is 4.99 Å². The van der Waals surface area contributed by atoms with Crippen molar-refractivity contribution < 1.29 is 0 Å². The van der Waals surface area contributed by atoms with Gasteiger partial charge in [0.2, 0.25) is 0 Å². The zero-order valence-corrected chi connectivity index (χ0v) is 8.91. The van der Waals surface area contributed by atoms with Gasteiger partial charge in [0.1, 0.15) is 0 Å². The Bertz CT molecular complexity index is 245. The highest BCUT2D eigenvalue weighted by atomic mass is 32.2. The number of rotatable bonds is 0. The molecule has 0 atom stereocenters. The monoisotopic (exact) mass is 200 g/mol. The number of aliphatic imine (C=N–C) groups is 1. The second-order valence-corrected chi connectivity index (χ2v) is 5.80. The van der Waals surface area contributed by atoms with E-state index in [4.69, 9.17) is 0 Å². The lowest BCUT2D eigenvalue weighted by Gasteiger charge is -2.30. The van der Waals surface area contributed by atoms with Gasteiger partial charge in [-0.05, 0) is 19.3 Å². The van der Waals surface area contributed by atoms with Gasteiger partial charge in [0.05, 0.1) is 11.4 Å². The van der Waals surface area contributed by atoms with E-state index in [1.54, 1.807) is 0 Å². The van der Waals surface area contributed by atoms with E-state index in [1.165, 1.54) is 5.17 Å². The molecular weight excluding hydrogens is 188 g/mol. The highest BCUT2D eigenvalue weighted by molar-refractivity contribution is 8.14. The third-order valence-corrected chi connectivity index (χ3v) is 3.92. The average Bonchev–Trinajstić information content (AvgIpc) is 2.55. The predicted octanol–water partition coefficient (Wildman–Crippen LogP) is 2.35. The van der Waals surface area contributed by atoms with E-state index in [9.17, 15) is 0 Å². The zero-order valence-electron chi connectivity index (χ0n) is 7.28. The summed E-state index contributed by atoms with van der Waals surface area (Å²) in [4.78, 5) is 6.88. The van der Waals surface area contributed by atoms with Crippen LogP contribution in [0, 0.1) is 0 Å². The van der Waals surface area contributed by atoms with E-state index in [-0.39, 0.29) is 4.87 Å². The molecule has 0 aliphatic carbocycles. The quantitative estimate of drug-likeness (QED) is 0.597. The molecule has 0 aromatic rings. The summed E-state index contributed by atoms with van der Waals surface area (Å²) in [5.74, 6) is 1.14. The summed E-state index contributed by atoms with van der Waals surface area (Å²) in [5.41, 5.74) is 0. The van der Waals surface area contributed by atoms with Crippen LogP contribution in [0.4, 0.5) is 0 Å². The molecule has 0 saturated carbocycles. The molecule has 0 saturated heterocycles. The Hall–Kier alpha value is -0.0900. The Morgan fingerprint density at radius 1 is 1.58 bits per heavy atom. The first-order valence-corrected chi connectivity index (χ1v) is 5.88. The highest BCUT2D eigenvalue weighted by Gasteiger charge is 2.32. The van der Waals surface area contributed by atoms with Crippen LogP contribution in [0.2, 0.25) is 0 Å². The highest BCUT2D eigenvalue weighted by Crippen LogP contribution is 2.38. The number of amidine groups is 1. The molecule has 0 amide bonds. The van der Waals surface area contributed by atoms with E-state index >= 15 is 0 Å². The standard InChI is InChI=1S/C8H12N2S2/c1-8(2)10(4-6-12-8)7-9-3-5-11-7/h4,6H,3,5H2,1-2H3. The summed E-state index contributed by atoms with van der Waals surface area (Å²) in [6.07, 6.45) is 2.13. The van der Waals surface area contributed by atoms with Crippen LogP contribution in [0.5, 0.6) is 0 Å². The first-order valence-electron chi connectivity index (χ1n) is 4.01. The third-order valence-electron chi connectivity index (χ3n) is 1.92. The molecule has 66 valence electrons. The summed E-state index contributed by atoms with van der Waals surface area (Å²) in [6, 6.07) is 0. The molecule has 0 bridgehead atoms. The van der Waals surface area contributed by atoms with Crippen LogP contribution in [0.25, 0.3) is 0 Å². The Morgan fingerprint density at radius 3 is 2.92 bits per heavy atom. The van der Waals surface area contributed by atoms with Crippen LogP contribution in [0.15, 0.2) is 16.6 Å². The molecule has 2 rings (SSSR count). The summed E-state index contributed by atoms with van der Waals surface area (Å²) in [5, 5.41) is 3.32. The minimum atomic E-state index is 0.163. The maximum atomic E-state index is 4.45. The van der Waals surface area contributed by atoms with Crippen molar-refractivity contribution in [2.24, 2.45) is 4.99 Å². The van der Waals surface area contributed by atoms with Gasteiger partial charge in [0.25, 0.3) is 0 Å². The maximum absolute atomic E-state index is 4.45. The van der Waals surface area contributed by atoms with Crippen molar-refractivity contribution in [2.75, 3.05) is 12.3 Å². The lowest BCUT2D eigenvalue weighted by atomic mass is 10.3. The van der Waals surface area contributed by atoms with Gasteiger partial charge in [0.15, 0.2) is 5.17 Å². The van der Waals surface area contributed by atoms with E-state index in [0.29, 0.717) is 0 Å². The predicted molar refractivity (Wildman–Crippen MR) is 57.4 cm³/mol. The summed E-state index contributed by atoms with van der Waals surface area (Å²) in [6.45, 7) is 5.42. The van der Waals surface area contributed by atoms with Crippen molar-refractivity contribution in [3.05, 3.63) is 11.6 Å². The summed E-state index contributed by atoms with van der Waals surface area (Å²) in [7, 11) is 0. The van der Waals surface area contributed by atoms with Crippen molar-refractivity contribution in [3.63, 3.8) is 0 Å². The number of thioether (sulfide) groups is 2. The van der Waals surface area contributed by atoms with E-state index in [2.05, 4.69) is 35.3 Å². The summed E-state index contributed by atoms with van der Waals surface area (Å²) < 4.78 is 0. The van der Waals surface area contributed by atoms with E-state index in [0.717, 1.165) is 12.3 Å². The molecule has 4 heteroatoms. The van der Waals surface area contributed by atoms with E-state index in [1.807, 2.05) is 23.5 Å². The maximum Gasteiger partial charge on any atom is 0.164 e. The SMILES string of the molecule is CC1(C)SC=CN1C1=NCCS1. The first kappa shape index (κ1) is 8.51. The van der Waals surface area contributed by atoms with Crippen LogP contribution in [0.1, 0.15) is 13.8 Å². The molecule has 2 aliphatic rings. The average molecular weight is 200 g/mol. The molecule has 0 aromatic heterocycles. The van der Waals surface area contributed by atoms with Crippen molar-refractivity contribution >= 4 is 28.7 Å². The lowest BCUT2D eigenvalue weighted by molar-refractivity contribution is 0.432. The molecule has 0 radical (unpaired) electrons. The van der Waals surface area contributed by atoms with Crippen LogP contribution >= 0.6 is 23.5 Å². The van der Waals surface area contributed by atoms with Gasteiger partial charge in [-0.15, -0.1) is 11.8 Å². The number of hydrogen-bond acceptors (Lipinski definition) is 4. The fourth-order valence-electron chi connectivity index (χ4n) is 1.26. The van der Waals surface area contributed by atoms with Crippen molar-refractivity contribution in [3.8, 4) is 0 Å². The van der Waals surface area contributed by atoms with Crippen molar-refractivity contribution in [2.45, 2.75) is 18.7 Å². The number of hydrogen-bond donors (Lipinski definition) is 0. The molecule has 0 aromatic carbocycles. The molecule has 0 spiro atoms. The van der Waals surface area contributed by atoms with Crippen molar-refractivity contribution in [1.82, 2.24) is 4.90 Å². The fourth-order valence-corrected chi connectivity index (χ4v) is 3.07. The van der Waals surface area contributed by atoms with Gasteiger partial charge in [-0.25, -0.2) is 0 Å². The van der Waals surface area contributed by atoms with Gasteiger partial charge in [-0.2, -0.15) is 0 Å². The van der Waals surface area contributed by atoms with Crippen LogP contribution in [-0.2, 0) is 0 Å². The molecular formula is C8H12N2S2. The minimum absolute atomic E-state index is 0.163. The van der Waals surface area contributed by atoms with Crippen LogP contribution in [-0.4, -0.2) is 27.2 Å².